The van der Waals surface area contributed by atoms with E-state index < -0.39 is 12.2 Å². The monoisotopic (exact) mass is 219 g/mol. The highest BCUT2D eigenvalue weighted by atomic mass is 16.2. The Morgan fingerprint density at radius 2 is 1.94 bits per heavy atom. The lowest BCUT2D eigenvalue weighted by Crippen LogP contribution is -2.58. The molecule has 1 aromatic rings. The van der Waals surface area contributed by atoms with Crippen LogP contribution >= 0.6 is 0 Å². The van der Waals surface area contributed by atoms with Gasteiger partial charge in [0.05, 0.1) is 12.6 Å². The van der Waals surface area contributed by atoms with E-state index in [0.29, 0.717) is 5.69 Å². The summed E-state index contributed by atoms with van der Waals surface area (Å²) in [5.74, 6) is -0.333. The van der Waals surface area contributed by atoms with Crippen LogP contribution in [0.2, 0.25) is 0 Å². The van der Waals surface area contributed by atoms with Crippen LogP contribution in [-0.4, -0.2) is 18.1 Å². The lowest BCUT2D eigenvalue weighted by Gasteiger charge is -2.32. The number of imide groups is 1. The van der Waals surface area contributed by atoms with Gasteiger partial charge in [0.2, 0.25) is 5.91 Å². The fraction of sp³-hybridized carbons (Fsp3) is 0.273. The molecule has 0 bridgehead atoms. The number of anilines is 1. The largest absolute Gasteiger partial charge is 0.329 e. The van der Waals surface area contributed by atoms with Crippen LogP contribution in [0, 0.1) is 6.92 Å². The molecule has 1 fully saturated rings. The predicted octanol–water partition coefficient (Wildman–Crippen LogP) is 0.726. The second-order valence-electron chi connectivity index (χ2n) is 3.83. The van der Waals surface area contributed by atoms with Crippen LogP contribution in [0.4, 0.5) is 10.5 Å². The quantitative estimate of drug-likeness (QED) is 0.731. The Balaban J connectivity index is 2.29. The van der Waals surface area contributed by atoms with Gasteiger partial charge in [-0.3, -0.25) is 15.0 Å². The summed E-state index contributed by atoms with van der Waals surface area (Å²) in [4.78, 5) is 24.1. The molecule has 1 unspecified atom stereocenters. The first-order chi connectivity index (χ1) is 7.58. The number of carbonyl (C=O) groups is 2. The number of urea groups is 1. The molecule has 0 aromatic heterocycles. The van der Waals surface area contributed by atoms with E-state index >= 15 is 0 Å². The Hall–Kier alpha value is -1.88. The number of benzene rings is 1. The standard InChI is InChI=1S/C11H13N3O2/c1-7-2-4-8(5-3-7)14-9(12)6-10(15)13-11(14)16/h2-5,9H,6,12H2,1H3,(H,13,15,16). The highest BCUT2D eigenvalue weighted by Gasteiger charge is 2.30. The van der Waals surface area contributed by atoms with Crippen molar-refractivity contribution in [2.45, 2.75) is 19.5 Å². The smallest absolute Gasteiger partial charge is 0.310 e. The van der Waals surface area contributed by atoms with Crippen LogP contribution in [0.1, 0.15) is 12.0 Å². The molecule has 1 atom stereocenters. The van der Waals surface area contributed by atoms with Crippen molar-refractivity contribution in [1.29, 1.82) is 0 Å². The maximum Gasteiger partial charge on any atom is 0.329 e. The molecule has 16 heavy (non-hydrogen) atoms. The van der Waals surface area contributed by atoms with E-state index in [1.165, 1.54) is 4.90 Å². The molecular formula is C11H13N3O2. The fourth-order valence-corrected chi connectivity index (χ4v) is 1.68. The summed E-state index contributed by atoms with van der Waals surface area (Å²) in [6, 6.07) is 6.94. The maximum absolute atomic E-state index is 11.6. The minimum Gasteiger partial charge on any atom is -0.310 e. The van der Waals surface area contributed by atoms with Crippen LogP contribution in [0.3, 0.4) is 0 Å². The molecule has 5 nitrogen and oxygen atoms in total. The number of aryl methyl sites for hydroxylation is 1. The summed E-state index contributed by atoms with van der Waals surface area (Å²) in [5.41, 5.74) is 7.57. The molecule has 5 heteroatoms. The van der Waals surface area contributed by atoms with E-state index in [1.54, 1.807) is 0 Å². The zero-order valence-electron chi connectivity index (χ0n) is 8.93. The fourth-order valence-electron chi connectivity index (χ4n) is 1.68. The predicted molar refractivity (Wildman–Crippen MR) is 59.8 cm³/mol. The topological polar surface area (TPSA) is 75.4 Å². The highest BCUT2D eigenvalue weighted by Crippen LogP contribution is 2.19. The molecule has 0 saturated carbocycles. The molecule has 1 aromatic carbocycles. The number of carbonyl (C=O) groups excluding carboxylic acids is 2. The molecule has 3 N–H and O–H groups in total. The molecule has 1 heterocycles. The summed E-state index contributed by atoms with van der Waals surface area (Å²) in [6.07, 6.45) is -0.469. The number of hydrogen-bond acceptors (Lipinski definition) is 3. The average Bonchev–Trinajstić information content (AvgIpc) is 2.19. The Morgan fingerprint density at radius 3 is 2.50 bits per heavy atom. The van der Waals surface area contributed by atoms with Gasteiger partial charge in [0.25, 0.3) is 0 Å². The SMILES string of the molecule is Cc1ccc(N2C(=O)NC(=O)CC2N)cc1. The maximum atomic E-state index is 11.6. The minimum atomic E-state index is -0.594. The zero-order valence-corrected chi connectivity index (χ0v) is 8.93. The summed E-state index contributed by atoms with van der Waals surface area (Å²) in [6.45, 7) is 1.96. The second kappa shape index (κ2) is 3.94. The van der Waals surface area contributed by atoms with Crippen LogP contribution in [0.15, 0.2) is 24.3 Å². The van der Waals surface area contributed by atoms with E-state index in [2.05, 4.69) is 5.32 Å². The molecule has 1 aliphatic rings. The van der Waals surface area contributed by atoms with E-state index in [0.717, 1.165) is 5.56 Å². The van der Waals surface area contributed by atoms with Gasteiger partial charge in [0, 0.05) is 5.69 Å². The molecule has 1 aliphatic heterocycles. The molecule has 3 amide bonds. The van der Waals surface area contributed by atoms with Crippen molar-refractivity contribution >= 4 is 17.6 Å². The van der Waals surface area contributed by atoms with Crippen molar-refractivity contribution in [2.24, 2.45) is 5.73 Å². The van der Waals surface area contributed by atoms with Crippen molar-refractivity contribution in [2.75, 3.05) is 4.90 Å². The van der Waals surface area contributed by atoms with Crippen molar-refractivity contribution in [3.63, 3.8) is 0 Å². The van der Waals surface area contributed by atoms with Gasteiger partial charge in [0.1, 0.15) is 0 Å². The number of amides is 3. The van der Waals surface area contributed by atoms with Crippen molar-refractivity contribution in [3.05, 3.63) is 29.8 Å². The summed E-state index contributed by atoms with van der Waals surface area (Å²) >= 11 is 0. The Bertz CT molecular complexity index is 427. The van der Waals surface area contributed by atoms with E-state index in [-0.39, 0.29) is 12.3 Å². The zero-order chi connectivity index (χ0) is 11.7. The van der Waals surface area contributed by atoms with Gasteiger partial charge in [-0.05, 0) is 19.1 Å². The van der Waals surface area contributed by atoms with Gasteiger partial charge >= 0.3 is 6.03 Å². The van der Waals surface area contributed by atoms with Crippen molar-refractivity contribution < 1.29 is 9.59 Å². The second-order valence-corrected chi connectivity index (χ2v) is 3.83. The summed E-state index contributed by atoms with van der Waals surface area (Å²) in [7, 11) is 0. The van der Waals surface area contributed by atoms with Crippen molar-refractivity contribution in [1.82, 2.24) is 5.32 Å². The highest BCUT2D eigenvalue weighted by molar-refractivity contribution is 6.06. The normalized spacial score (nSPS) is 20.9. The summed E-state index contributed by atoms with van der Waals surface area (Å²) < 4.78 is 0. The van der Waals surface area contributed by atoms with Gasteiger partial charge < -0.3 is 5.73 Å². The number of nitrogens with one attached hydrogen (secondary N) is 1. The van der Waals surface area contributed by atoms with Gasteiger partial charge in [-0.1, -0.05) is 17.7 Å². The molecular weight excluding hydrogens is 206 g/mol. The lowest BCUT2D eigenvalue weighted by molar-refractivity contribution is -0.120. The molecule has 0 aliphatic carbocycles. The molecule has 0 radical (unpaired) electrons. The lowest BCUT2D eigenvalue weighted by atomic mass is 10.1. The minimum absolute atomic E-state index is 0.125. The van der Waals surface area contributed by atoms with E-state index in [9.17, 15) is 9.59 Å². The van der Waals surface area contributed by atoms with Gasteiger partial charge in [-0.15, -0.1) is 0 Å². The van der Waals surface area contributed by atoms with Gasteiger partial charge in [-0.2, -0.15) is 0 Å². The van der Waals surface area contributed by atoms with Crippen LogP contribution in [0.5, 0.6) is 0 Å². The Labute approximate surface area is 93.2 Å². The number of nitrogens with two attached hydrogens (primary N) is 1. The third kappa shape index (κ3) is 1.90. The van der Waals surface area contributed by atoms with E-state index in [1.807, 2.05) is 31.2 Å². The molecule has 0 spiro atoms. The molecule has 84 valence electrons. The van der Waals surface area contributed by atoms with E-state index in [4.69, 9.17) is 5.73 Å². The third-order valence-electron chi connectivity index (χ3n) is 2.50. The number of hydrogen-bond donors (Lipinski definition) is 2. The molecule has 1 saturated heterocycles. The number of nitrogens with zero attached hydrogens (tertiary/aromatic N) is 1. The Kier molecular flexibility index (Phi) is 2.62. The van der Waals surface area contributed by atoms with Crippen LogP contribution in [-0.2, 0) is 4.79 Å². The third-order valence-corrected chi connectivity index (χ3v) is 2.50. The van der Waals surface area contributed by atoms with Crippen LogP contribution in [0.25, 0.3) is 0 Å². The first-order valence-corrected chi connectivity index (χ1v) is 5.03. The van der Waals surface area contributed by atoms with Crippen LogP contribution < -0.4 is 16.0 Å². The number of rotatable bonds is 1. The Morgan fingerprint density at radius 1 is 1.31 bits per heavy atom. The molecule has 2 rings (SSSR count). The first-order valence-electron chi connectivity index (χ1n) is 5.03. The first kappa shape index (κ1) is 10.6. The van der Waals surface area contributed by atoms with Gasteiger partial charge in [0.15, 0.2) is 0 Å². The summed E-state index contributed by atoms with van der Waals surface area (Å²) in [5, 5.41) is 2.24. The average molecular weight is 219 g/mol. The van der Waals surface area contributed by atoms with Crippen molar-refractivity contribution in [3.8, 4) is 0 Å². The van der Waals surface area contributed by atoms with Gasteiger partial charge in [-0.25, -0.2) is 4.79 Å².